The van der Waals surface area contributed by atoms with E-state index >= 15 is 0 Å². The molecule has 0 fully saturated rings. The van der Waals surface area contributed by atoms with E-state index in [4.69, 9.17) is 21.1 Å². The van der Waals surface area contributed by atoms with Crippen LogP contribution in [0.5, 0.6) is 5.88 Å². The minimum atomic E-state index is -0.501. The number of hydrogen-bond acceptors (Lipinski definition) is 5. The maximum Gasteiger partial charge on any atom is 0.341 e. The van der Waals surface area contributed by atoms with Gasteiger partial charge in [0.05, 0.1) is 12.2 Å². The third kappa shape index (κ3) is 4.16. The maximum atomic E-state index is 11.7. The molecule has 0 saturated carbocycles. The summed E-state index contributed by atoms with van der Waals surface area (Å²) in [6, 6.07) is 14.8. The summed E-state index contributed by atoms with van der Waals surface area (Å²) in [4.78, 5) is 15.9. The minimum absolute atomic E-state index is 0.0678. The van der Waals surface area contributed by atoms with Crippen molar-refractivity contribution in [2.24, 2.45) is 0 Å². The highest BCUT2D eigenvalue weighted by molar-refractivity contribution is 6.32. The van der Waals surface area contributed by atoms with Crippen molar-refractivity contribution >= 4 is 17.6 Å². The van der Waals surface area contributed by atoms with E-state index in [1.807, 2.05) is 30.3 Å². The summed E-state index contributed by atoms with van der Waals surface area (Å²) in [7, 11) is 0. The molecule has 0 aliphatic rings. The molecular weight excluding hydrogens is 342 g/mol. The quantitative estimate of drug-likeness (QED) is 0.497. The first-order chi connectivity index (χ1) is 12.2. The molecule has 0 radical (unpaired) electrons. The zero-order valence-electron chi connectivity index (χ0n) is 13.6. The second kappa shape index (κ2) is 7.81. The van der Waals surface area contributed by atoms with E-state index in [0.29, 0.717) is 18.3 Å². The molecule has 0 unspecified atom stereocenters. The van der Waals surface area contributed by atoms with Gasteiger partial charge in [-0.3, -0.25) is 0 Å². The van der Waals surface area contributed by atoms with Crippen molar-refractivity contribution in [1.82, 2.24) is 14.8 Å². The number of hydrogen-bond donors (Lipinski definition) is 0. The van der Waals surface area contributed by atoms with E-state index in [-0.39, 0.29) is 17.3 Å². The number of pyridine rings is 1. The van der Waals surface area contributed by atoms with Crippen LogP contribution in [0.3, 0.4) is 0 Å². The van der Waals surface area contributed by atoms with E-state index < -0.39 is 5.97 Å². The number of carbonyl (C=O) groups excluding carboxylic acids is 1. The summed E-state index contributed by atoms with van der Waals surface area (Å²) in [6.07, 6.45) is 1.71. The number of benzene rings is 1. The van der Waals surface area contributed by atoms with Crippen LogP contribution in [0, 0.1) is 0 Å². The third-order valence-corrected chi connectivity index (χ3v) is 3.65. The first-order valence-corrected chi connectivity index (χ1v) is 8.11. The predicted octanol–water partition coefficient (Wildman–Crippen LogP) is 3.68. The van der Waals surface area contributed by atoms with Gasteiger partial charge in [-0.1, -0.05) is 41.9 Å². The highest BCUT2D eigenvalue weighted by Gasteiger charge is 2.14. The summed E-state index contributed by atoms with van der Waals surface area (Å²) in [6.45, 7) is 2.43. The van der Waals surface area contributed by atoms with E-state index in [0.717, 1.165) is 5.56 Å². The van der Waals surface area contributed by atoms with Gasteiger partial charge in [0.15, 0.2) is 5.82 Å². The Morgan fingerprint density at radius 3 is 2.68 bits per heavy atom. The molecule has 0 amide bonds. The summed E-state index contributed by atoms with van der Waals surface area (Å²) in [5, 5.41) is 4.37. The Hall–Kier alpha value is -2.86. The maximum absolute atomic E-state index is 11.7. The van der Waals surface area contributed by atoms with Crippen molar-refractivity contribution in [3.63, 3.8) is 0 Å². The van der Waals surface area contributed by atoms with Crippen LogP contribution in [0.4, 0.5) is 0 Å². The lowest BCUT2D eigenvalue weighted by atomic mass is 10.2. The molecule has 0 spiro atoms. The standard InChI is InChI=1S/C18H16ClN3O3/c1-2-24-18(23)14-8-9-15(20-17(14)19)22-11-10-16(21-22)25-12-13-6-4-3-5-7-13/h3-11H,2,12H2,1H3. The molecular formula is C18H16ClN3O3. The molecule has 7 heteroatoms. The molecule has 0 aliphatic carbocycles. The van der Waals surface area contributed by atoms with Crippen LogP contribution in [0.15, 0.2) is 54.7 Å². The van der Waals surface area contributed by atoms with Crippen molar-refractivity contribution in [3.8, 4) is 11.7 Å². The van der Waals surface area contributed by atoms with Crippen LogP contribution >= 0.6 is 11.6 Å². The van der Waals surface area contributed by atoms with Crippen LogP contribution in [-0.2, 0) is 11.3 Å². The van der Waals surface area contributed by atoms with Crippen LogP contribution in [0.1, 0.15) is 22.8 Å². The van der Waals surface area contributed by atoms with Crippen molar-refractivity contribution < 1.29 is 14.3 Å². The molecule has 0 atom stereocenters. The van der Waals surface area contributed by atoms with Gasteiger partial charge in [0.25, 0.3) is 0 Å². The molecule has 3 rings (SSSR count). The van der Waals surface area contributed by atoms with Crippen molar-refractivity contribution in [2.45, 2.75) is 13.5 Å². The van der Waals surface area contributed by atoms with Crippen molar-refractivity contribution in [3.05, 3.63) is 71.0 Å². The van der Waals surface area contributed by atoms with Gasteiger partial charge in [-0.15, -0.1) is 5.10 Å². The lowest BCUT2D eigenvalue weighted by Crippen LogP contribution is -2.08. The van der Waals surface area contributed by atoms with Crippen molar-refractivity contribution in [2.75, 3.05) is 6.61 Å². The van der Waals surface area contributed by atoms with Gasteiger partial charge in [0.1, 0.15) is 11.8 Å². The first-order valence-electron chi connectivity index (χ1n) is 7.74. The lowest BCUT2D eigenvalue weighted by Gasteiger charge is -2.06. The predicted molar refractivity (Wildman–Crippen MR) is 93.1 cm³/mol. The van der Waals surface area contributed by atoms with Gasteiger partial charge >= 0.3 is 5.97 Å². The number of nitrogens with zero attached hydrogens (tertiary/aromatic N) is 3. The largest absolute Gasteiger partial charge is 0.472 e. The summed E-state index contributed by atoms with van der Waals surface area (Å²) in [5.74, 6) is 0.447. The first kappa shape index (κ1) is 17.0. The van der Waals surface area contributed by atoms with Gasteiger partial charge < -0.3 is 9.47 Å². The van der Waals surface area contributed by atoms with Gasteiger partial charge in [-0.05, 0) is 24.6 Å². The third-order valence-electron chi connectivity index (χ3n) is 3.36. The van der Waals surface area contributed by atoms with Gasteiger partial charge in [0.2, 0.25) is 5.88 Å². The van der Waals surface area contributed by atoms with E-state index in [1.54, 1.807) is 31.3 Å². The zero-order valence-corrected chi connectivity index (χ0v) is 14.3. The van der Waals surface area contributed by atoms with Crippen LogP contribution < -0.4 is 4.74 Å². The Balaban J connectivity index is 1.71. The zero-order chi connectivity index (χ0) is 17.6. The van der Waals surface area contributed by atoms with Gasteiger partial charge in [-0.25, -0.2) is 14.5 Å². The highest BCUT2D eigenvalue weighted by Crippen LogP contribution is 2.18. The fourth-order valence-electron chi connectivity index (χ4n) is 2.16. The Bertz CT molecular complexity index is 865. The molecule has 0 bridgehead atoms. The molecule has 0 N–H and O–H groups in total. The molecule has 2 heterocycles. The SMILES string of the molecule is CCOC(=O)c1ccc(-n2ccc(OCc3ccccc3)n2)nc1Cl. The van der Waals surface area contributed by atoms with Gasteiger partial charge in [0, 0.05) is 12.3 Å². The average Bonchev–Trinajstić information content (AvgIpc) is 3.10. The van der Waals surface area contributed by atoms with Crippen LogP contribution in [0.25, 0.3) is 5.82 Å². The van der Waals surface area contributed by atoms with E-state index in [9.17, 15) is 4.79 Å². The molecule has 1 aromatic carbocycles. The van der Waals surface area contributed by atoms with Gasteiger partial charge in [-0.2, -0.15) is 0 Å². The Kier molecular flexibility index (Phi) is 5.30. The molecule has 2 aromatic heterocycles. The molecule has 0 aliphatic heterocycles. The summed E-state index contributed by atoms with van der Waals surface area (Å²) >= 11 is 6.07. The number of halogens is 1. The number of rotatable bonds is 6. The average molecular weight is 358 g/mol. The molecule has 0 saturated heterocycles. The van der Waals surface area contributed by atoms with Crippen LogP contribution in [0.2, 0.25) is 5.15 Å². The Labute approximate surface area is 150 Å². The van der Waals surface area contributed by atoms with Crippen molar-refractivity contribution in [1.29, 1.82) is 0 Å². The number of ether oxygens (including phenoxy) is 2. The smallest absolute Gasteiger partial charge is 0.341 e. The fraction of sp³-hybridized carbons (Fsp3) is 0.167. The second-order valence-electron chi connectivity index (χ2n) is 5.10. The highest BCUT2D eigenvalue weighted by atomic mass is 35.5. The Morgan fingerprint density at radius 2 is 1.96 bits per heavy atom. The Morgan fingerprint density at radius 1 is 1.16 bits per heavy atom. The molecule has 128 valence electrons. The minimum Gasteiger partial charge on any atom is -0.472 e. The molecule has 6 nitrogen and oxygen atoms in total. The van der Waals surface area contributed by atoms with E-state index in [1.165, 1.54) is 4.68 Å². The number of esters is 1. The summed E-state index contributed by atoms with van der Waals surface area (Å²) < 4.78 is 12.1. The number of aromatic nitrogens is 3. The normalized spacial score (nSPS) is 10.5. The summed E-state index contributed by atoms with van der Waals surface area (Å²) in [5.41, 5.74) is 1.27. The van der Waals surface area contributed by atoms with Crippen LogP contribution in [-0.4, -0.2) is 27.3 Å². The molecule has 25 heavy (non-hydrogen) atoms. The number of carbonyl (C=O) groups is 1. The fourth-order valence-corrected chi connectivity index (χ4v) is 2.38. The lowest BCUT2D eigenvalue weighted by molar-refractivity contribution is 0.0526. The second-order valence-corrected chi connectivity index (χ2v) is 5.46. The monoisotopic (exact) mass is 357 g/mol. The topological polar surface area (TPSA) is 66.2 Å². The van der Waals surface area contributed by atoms with E-state index in [2.05, 4.69) is 10.1 Å². The molecule has 3 aromatic rings.